The summed E-state index contributed by atoms with van der Waals surface area (Å²) in [7, 11) is 0. The summed E-state index contributed by atoms with van der Waals surface area (Å²) in [6.45, 7) is 3.40. The number of allylic oxidation sites excluding steroid dienone is 1. The minimum Gasteiger partial charge on any atom is -0.316 e. The number of nitrogens with zero attached hydrogens (tertiary/aromatic N) is 2. The molecule has 0 radical (unpaired) electrons. The van der Waals surface area contributed by atoms with Crippen molar-refractivity contribution in [2.24, 2.45) is 11.8 Å². The first-order valence-electron chi connectivity index (χ1n) is 7.60. The minimum absolute atomic E-state index is 0.305. The second-order valence-electron chi connectivity index (χ2n) is 6.36. The predicted molar refractivity (Wildman–Crippen MR) is 69.8 cm³/mol. The van der Waals surface area contributed by atoms with Crippen LogP contribution in [0.5, 0.6) is 0 Å². The van der Waals surface area contributed by atoms with E-state index >= 15 is 0 Å². The van der Waals surface area contributed by atoms with Crippen LogP contribution in [0.25, 0.3) is 0 Å². The first kappa shape index (κ1) is 11.0. The maximum absolute atomic E-state index is 12.7. The third-order valence-electron chi connectivity index (χ3n) is 5.37. The highest BCUT2D eigenvalue weighted by atomic mass is 16.2. The Balaban J connectivity index is 1.69. The Morgan fingerprint density at radius 1 is 1.17 bits per heavy atom. The fourth-order valence-electron chi connectivity index (χ4n) is 4.56. The van der Waals surface area contributed by atoms with E-state index < -0.39 is 0 Å². The summed E-state index contributed by atoms with van der Waals surface area (Å²) < 4.78 is 0. The first-order valence-corrected chi connectivity index (χ1v) is 7.60. The predicted octanol–water partition coefficient (Wildman–Crippen LogP) is 2.00. The van der Waals surface area contributed by atoms with Crippen molar-refractivity contribution < 1.29 is 4.79 Å². The highest BCUT2D eigenvalue weighted by Gasteiger charge is 2.48. The van der Waals surface area contributed by atoms with E-state index in [-0.39, 0.29) is 0 Å². The smallest absolute Gasteiger partial charge is 0.231 e. The van der Waals surface area contributed by atoms with E-state index in [0.717, 1.165) is 19.4 Å². The van der Waals surface area contributed by atoms with Crippen molar-refractivity contribution in [1.82, 2.24) is 9.80 Å². The van der Waals surface area contributed by atoms with Crippen LogP contribution in [0, 0.1) is 11.8 Å². The fourth-order valence-corrected chi connectivity index (χ4v) is 4.56. The number of hydrogen-bond acceptors (Lipinski definition) is 2. The Kier molecular flexibility index (Phi) is 2.51. The Morgan fingerprint density at radius 2 is 2.11 bits per heavy atom. The summed E-state index contributed by atoms with van der Waals surface area (Å²) in [6.07, 6.45) is 9.68. The third-order valence-corrected chi connectivity index (χ3v) is 5.37. The second kappa shape index (κ2) is 4.09. The van der Waals surface area contributed by atoms with Crippen LogP contribution in [0.2, 0.25) is 0 Å². The van der Waals surface area contributed by atoms with E-state index in [1.807, 2.05) is 0 Å². The molecule has 0 N–H and O–H groups in total. The summed E-state index contributed by atoms with van der Waals surface area (Å²) in [5.74, 6) is 1.38. The quantitative estimate of drug-likeness (QED) is 0.652. The summed E-state index contributed by atoms with van der Waals surface area (Å²) in [5, 5.41) is 0. The van der Waals surface area contributed by atoms with Gasteiger partial charge in [0.25, 0.3) is 0 Å². The molecular weight excluding hydrogens is 224 g/mol. The molecule has 3 atom stereocenters. The molecule has 3 saturated heterocycles. The molecule has 0 saturated carbocycles. The monoisotopic (exact) mass is 246 g/mol. The Hall–Kier alpha value is -0.830. The van der Waals surface area contributed by atoms with Crippen LogP contribution in [-0.4, -0.2) is 41.4 Å². The first-order chi connectivity index (χ1) is 8.84. The van der Waals surface area contributed by atoms with Crippen LogP contribution in [-0.2, 0) is 4.79 Å². The summed E-state index contributed by atoms with van der Waals surface area (Å²) in [5.41, 5.74) is 1.37. The molecule has 0 aromatic rings. The highest BCUT2D eigenvalue weighted by molar-refractivity contribution is 5.83. The number of piperidine rings is 3. The van der Waals surface area contributed by atoms with E-state index in [4.69, 9.17) is 0 Å². The van der Waals surface area contributed by atoms with E-state index in [2.05, 4.69) is 15.9 Å². The van der Waals surface area contributed by atoms with Gasteiger partial charge in [-0.3, -0.25) is 9.69 Å². The van der Waals surface area contributed by atoms with E-state index in [9.17, 15) is 4.79 Å². The van der Waals surface area contributed by atoms with Gasteiger partial charge in [-0.05, 0) is 38.6 Å². The van der Waals surface area contributed by atoms with Crippen molar-refractivity contribution in [2.45, 2.75) is 44.6 Å². The Labute approximate surface area is 109 Å². The van der Waals surface area contributed by atoms with E-state index in [1.54, 1.807) is 0 Å². The van der Waals surface area contributed by atoms with Gasteiger partial charge in [-0.1, -0.05) is 12.5 Å². The van der Waals surface area contributed by atoms with Crippen LogP contribution in [0.15, 0.2) is 11.8 Å². The molecule has 4 aliphatic heterocycles. The molecular formula is C15H22N2O. The molecule has 1 amide bonds. The largest absolute Gasteiger partial charge is 0.316 e. The molecule has 3 heteroatoms. The Bertz CT molecular complexity index is 403. The number of carbonyl (C=O) groups is 1. The molecule has 98 valence electrons. The molecule has 3 nitrogen and oxygen atoms in total. The summed E-state index contributed by atoms with van der Waals surface area (Å²) >= 11 is 0. The number of rotatable bonds is 0. The topological polar surface area (TPSA) is 23.6 Å². The van der Waals surface area contributed by atoms with Crippen molar-refractivity contribution in [1.29, 1.82) is 0 Å². The van der Waals surface area contributed by atoms with Gasteiger partial charge in [-0.2, -0.15) is 0 Å². The van der Waals surface area contributed by atoms with Gasteiger partial charge in [0.15, 0.2) is 0 Å². The molecule has 2 bridgehead atoms. The average Bonchev–Trinajstić information content (AvgIpc) is 2.44. The number of carbonyl (C=O) groups excluding carboxylic acids is 1. The lowest BCUT2D eigenvalue weighted by molar-refractivity contribution is -0.145. The van der Waals surface area contributed by atoms with Crippen LogP contribution >= 0.6 is 0 Å². The van der Waals surface area contributed by atoms with Gasteiger partial charge >= 0.3 is 0 Å². The SMILES string of the molecule is O=C1C2CC(CN3CCCC[C@@H]23)C2=CCCCN12. The van der Waals surface area contributed by atoms with Crippen LogP contribution in [0.4, 0.5) is 0 Å². The molecule has 4 rings (SSSR count). The zero-order chi connectivity index (χ0) is 12.1. The number of fused-ring (bicyclic) bond motifs is 6. The maximum atomic E-state index is 12.7. The molecule has 18 heavy (non-hydrogen) atoms. The van der Waals surface area contributed by atoms with Crippen molar-refractivity contribution in [3.8, 4) is 0 Å². The lowest BCUT2D eigenvalue weighted by Gasteiger charge is -2.53. The van der Waals surface area contributed by atoms with Gasteiger partial charge in [0, 0.05) is 30.7 Å². The average molecular weight is 246 g/mol. The van der Waals surface area contributed by atoms with Crippen LogP contribution in [0.3, 0.4) is 0 Å². The highest BCUT2D eigenvalue weighted by Crippen LogP contribution is 2.43. The van der Waals surface area contributed by atoms with E-state index in [0.29, 0.717) is 23.8 Å². The molecule has 4 aliphatic rings. The van der Waals surface area contributed by atoms with Gasteiger partial charge in [0.05, 0.1) is 5.92 Å². The lowest BCUT2D eigenvalue weighted by Crippen LogP contribution is -2.60. The summed E-state index contributed by atoms with van der Waals surface area (Å²) in [4.78, 5) is 17.4. The zero-order valence-corrected chi connectivity index (χ0v) is 11.0. The van der Waals surface area contributed by atoms with Crippen LogP contribution < -0.4 is 0 Å². The minimum atomic E-state index is 0.305. The standard InChI is InChI=1S/C15H22N2O/c18-15-12-9-11(13-5-2-4-8-17(13)15)10-16-7-3-1-6-14(12)16/h5,11-12,14H,1-4,6-10H2/t11?,12?,14-/m0/s1. The molecule has 0 aromatic heterocycles. The second-order valence-corrected chi connectivity index (χ2v) is 6.36. The third kappa shape index (κ3) is 1.49. The van der Waals surface area contributed by atoms with Crippen molar-refractivity contribution >= 4 is 5.91 Å². The molecule has 4 heterocycles. The molecule has 2 unspecified atom stereocenters. The summed E-state index contributed by atoms with van der Waals surface area (Å²) in [6, 6.07) is 0.561. The van der Waals surface area contributed by atoms with Crippen LogP contribution in [0.1, 0.15) is 38.5 Å². The molecule has 0 aliphatic carbocycles. The van der Waals surface area contributed by atoms with Gasteiger partial charge in [0.2, 0.25) is 5.91 Å². The van der Waals surface area contributed by atoms with Gasteiger partial charge < -0.3 is 4.90 Å². The zero-order valence-electron chi connectivity index (χ0n) is 11.0. The Morgan fingerprint density at radius 3 is 3.06 bits per heavy atom. The fraction of sp³-hybridized carbons (Fsp3) is 0.800. The van der Waals surface area contributed by atoms with Gasteiger partial charge in [0.1, 0.15) is 0 Å². The van der Waals surface area contributed by atoms with Crippen molar-refractivity contribution in [3.05, 3.63) is 11.8 Å². The van der Waals surface area contributed by atoms with Gasteiger partial charge in [-0.25, -0.2) is 0 Å². The van der Waals surface area contributed by atoms with Crippen molar-refractivity contribution in [2.75, 3.05) is 19.6 Å². The number of amides is 1. The maximum Gasteiger partial charge on any atom is 0.231 e. The van der Waals surface area contributed by atoms with Crippen molar-refractivity contribution in [3.63, 3.8) is 0 Å². The molecule has 3 fully saturated rings. The van der Waals surface area contributed by atoms with Gasteiger partial charge in [-0.15, -0.1) is 0 Å². The molecule has 0 spiro atoms. The lowest BCUT2D eigenvalue weighted by atomic mass is 9.73. The normalized spacial score (nSPS) is 40.0. The molecule has 0 aromatic carbocycles. The van der Waals surface area contributed by atoms with E-state index in [1.165, 1.54) is 44.5 Å². The number of hydrogen-bond donors (Lipinski definition) is 0.